The summed E-state index contributed by atoms with van der Waals surface area (Å²) in [5, 5.41) is 3.49. The van der Waals surface area contributed by atoms with Crippen LogP contribution in [0.15, 0.2) is 30.3 Å². The molecule has 1 aromatic rings. The van der Waals surface area contributed by atoms with Gasteiger partial charge in [0.25, 0.3) is 0 Å². The molecule has 0 radical (unpaired) electrons. The maximum Gasteiger partial charge on any atom is 0.333 e. The molecule has 108 valence electrons. The van der Waals surface area contributed by atoms with E-state index in [4.69, 9.17) is 4.74 Å². The molecule has 1 N–H and O–H groups in total. The van der Waals surface area contributed by atoms with Gasteiger partial charge in [-0.05, 0) is 44.9 Å². The van der Waals surface area contributed by atoms with Gasteiger partial charge in [-0.1, -0.05) is 18.2 Å². The van der Waals surface area contributed by atoms with Crippen LogP contribution in [0, 0.1) is 0 Å². The van der Waals surface area contributed by atoms with E-state index in [9.17, 15) is 4.79 Å². The highest BCUT2D eigenvalue weighted by Gasteiger charge is 2.55. The fraction of sp³-hybridized carbons (Fsp3) is 0.562. The summed E-state index contributed by atoms with van der Waals surface area (Å²) in [7, 11) is 0. The van der Waals surface area contributed by atoms with E-state index in [1.807, 2.05) is 37.3 Å². The van der Waals surface area contributed by atoms with Crippen molar-refractivity contribution in [2.24, 2.45) is 0 Å². The number of carbonyl (C=O) groups excluding carboxylic acids is 1. The highest BCUT2D eigenvalue weighted by Crippen LogP contribution is 2.39. The van der Waals surface area contributed by atoms with Gasteiger partial charge in [-0.3, -0.25) is 4.90 Å². The SMILES string of the molecule is CCOC(=O)C1(Nc2ccccc2)CCN2CCCC21. The van der Waals surface area contributed by atoms with Crippen molar-refractivity contribution in [2.45, 2.75) is 37.8 Å². The molecule has 0 aliphatic carbocycles. The summed E-state index contributed by atoms with van der Waals surface area (Å²) in [5.41, 5.74) is 0.419. The molecule has 0 bridgehead atoms. The van der Waals surface area contributed by atoms with Gasteiger partial charge in [-0.15, -0.1) is 0 Å². The molecule has 2 heterocycles. The van der Waals surface area contributed by atoms with Crippen LogP contribution >= 0.6 is 0 Å². The number of hydrogen-bond donors (Lipinski definition) is 1. The first kappa shape index (κ1) is 13.4. The van der Waals surface area contributed by atoms with Gasteiger partial charge in [0.05, 0.1) is 6.61 Å². The van der Waals surface area contributed by atoms with E-state index in [-0.39, 0.29) is 12.0 Å². The Morgan fingerprint density at radius 1 is 1.40 bits per heavy atom. The molecule has 20 heavy (non-hydrogen) atoms. The molecule has 0 spiro atoms. The second kappa shape index (κ2) is 5.44. The minimum absolute atomic E-state index is 0.0988. The molecule has 3 rings (SSSR count). The number of hydrogen-bond acceptors (Lipinski definition) is 4. The molecular weight excluding hydrogens is 252 g/mol. The van der Waals surface area contributed by atoms with E-state index >= 15 is 0 Å². The fourth-order valence-corrected chi connectivity index (χ4v) is 3.61. The quantitative estimate of drug-likeness (QED) is 0.855. The number of benzene rings is 1. The smallest absolute Gasteiger partial charge is 0.333 e. The first-order valence-corrected chi connectivity index (χ1v) is 7.51. The number of para-hydroxylation sites is 1. The van der Waals surface area contributed by atoms with Crippen LogP contribution in [0.2, 0.25) is 0 Å². The normalized spacial score (nSPS) is 29.1. The van der Waals surface area contributed by atoms with E-state index in [0.717, 1.165) is 31.6 Å². The average Bonchev–Trinajstić information content (AvgIpc) is 3.04. The van der Waals surface area contributed by atoms with Gasteiger partial charge in [0.2, 0.25) is 0 Å². The van der Waals surface area contributed by atoms with Crippen LogP contribution in [0.1, 0.15) is 26.2 Å². The zero-order valence-electron chi connectivity index (χ0n) is 12.0. The molecular formula is C16H22N2O2. The molecule has 0 saturated carbocycles. The van der Waals surface area contributed by atoms with Gasteiger partial charge in [-0.25, -0.2) is 4.79 Å². The number of nitrogens with one attached hydrogen (secondary N) is 1. The Balaban J connectivity index is 1.89. The molecule has 1 aromatic carbocycles. The maximum absolute atomic E-state index is 12.6. The van der Waals surface area contributed by atoms with Gasteiger partial charge in [0.1, 0.15) is 0 Å². The van der Waals surface area contributed by atoms with Crippen molar-refractivity contribution in [3.05, 3.63) is 30.3 Å². The van der Waals surface area contributed by atoms with Gasteiger partial charge < -0.3 is 10.1 Å². The Kier molecular flexibility index (Phi) is 3.66. The highest BCUT2D eigenvalue weighted by molar-refractivity contribution is 5.86. The van der Waals surface area contributed by atoms with Crippen molar-refractivity contribution in [3.8, 4) is 0 Å². The number of anilines is 1. The van der Waals surface area contributed by atoms with Crippen molar-refractivity contribution < 1.29 is 9.53 Å². The average molecular weight is 274 g/mol. The van der Waals surface area contributed by atoms with E-state index < -0.39 is 5.54 Å². The third-order valence-corrected chi connectivity index (χ3v) is 4.51. The van der Waals surface area contributed by atoms with Crippen molar-refractivity contribution in [1.82, 2.24) is 4.90 Å². The second-order valence-corrected chi connectivity index (χ2v) is 5.63. The molecule has 0 aromatic heterocycles. The monoisotopic (exact) mass is 274 g/mol. The molecule has 2 fully saturated rings. The zero-order chi connectivity index (χ0) is 14.0. The maximum atomic E-state index is 12.6. The Labute approximate surface area is 120 Å². The lowest BCUT2D eigenvalue weighted by Crippen LogP contribution is -2.55. The molecule has 4 nitrogen and oxygen atoms in total. The summed E-state index contributed by atoms with van der Waals surface area (Å²) in [5.74, 6) is -0.0988. The number of esters is 1. The van der Waals surface area contributed by atoms with E-state index in [1.54, 1.807) is 0 Å². The Morgan fingerprint density at radius 2 is 2.20 bits per heavy atom. The summed E-state index contributed by atoms with van der Waals surface area (Å²) >= 11 is 0. The third-order valence-electron chi connectivity index (χ3n) is 4.51. The van der Waals surface area contributed by atoms with Crippen molar-refractivity contribution >= 4 is 11.7 Å². The fourth-order valence-electron chi connectivity index (χ4n) is 3.61. The van der Waals surface area contributed by atoms with Crippen LogP contribution in [0.3, 0.4) is 0 Å². The van der Waals surface area contributed by atoms with Crippen LogP contribution in [0.4, 0.5) is 5.69 Å². The summed E-state index contributed by atoms with van der Waals surface area (Å²) in [6.45, 7) is 4.38. The summed E-state index contributed by atoms with van der Waals surface area (Å²) < 4.78 is 5.38. The number of carbonyl (C=O) groups is 1. The van der Waals surface area contributed by atoms with Crippen molar-refractivity contribution in [2.75, 3.05) is 25.0 Å². The summed E-state index contributed by atoms with van der Waals surface area (Å²) in [4.78, 5) is 15.0. The minimum atomic E-state index is -0.576. The first-order valence-electron chi connectivity index (χ1n) is 7.51. The van der Waals surface area contributed by atoms with Crippen LogP contribution in [0.5, 0.6) is 0 Å². The van der Waals surface area contributed by atoms with E-state index in [1.165, 1.54) is 6.42 Å². The van der Waals surface area contributed by atoms with Crippen LogP contribution in [-0.4, -0.2) is 42.1 Å². The molecule has 2 saturated heterocycles. The van der Waals surface area contributed by atoms with E-state index in [0.29, 0.717) is 6.61 Å². The van der Waals surface area contributed by atoms with Crippen LogP contribution in [0.25, 0.3) is 0 Å². The lowest BCUT2D eigenvalue weighted by molar-refractivity contribution is -0.149. The number of rotatable bonds is 4. The van der Waals surface area contributed by atoms with Gasteiger partial charge in [0, 0.05) is 18.3 Å². The van der Waals surface area contributed by atoms with Gasteiger partial charge >= 0.3 is 5.97 Å². The summed E-state index contributed by atoms with van der Waals surface area (Å²) in [6, 6.07) is 10.3. The molecule has 0 amide bonds. The zero-order valence-corrected chi connectivity index (χ0v) is 12.0. The van der Waals surface area contributed by atoms with Crippen LogP contribution in [-0.2, 0) is 9.53 Å². The number of nitrogens with zero attached hydrogens (tertiary/aromatic N) is 1. The second-order valence-electron chi connectivity index (χ2n) is 5.63. The Morgan fingerprint density at radius 3 is 2.95 bits per heavy atom. The van der Waals surface area contributed by atoms with Gasteiger partial charge in [0.15, 0.2) is 5.54 Å². The first-order chi connectivity index (χ1) is 9.76. The minimum Gasteiger partial charge on any atom is -0.464 e. The standard InChI is InChI=1S/C16H22N2O2/c1-2-20-15(19)16(17-13-7-4-3-5-8-13)10-12-18-11-6-9-14(16)18/h3-5,7-8,14,17H,2,6,9-12H2,1H3. The lowest BCUT2D eigenvalue weighted by atomic mass is 9.88. The lowest BCUT2D eigenvalue weighted by Gasteiger charge is -2.34. The predicted octanol–water partition coefficient (Wildman–Crippen LogP) is 2.27. The molecule has 4 heteroatoms. The van der Waals surface area contributed by atoms with Crippen molar-refractivity contribution in [3.63, 3.8) is 0 Å². The number of fused-ring (bicyclic) bond motifs is 1. The molecule has 2 unspecified atom stereocenters. The molecule has 2 atom stereocenters. The van der Waals surface area contributed by atoms with Crippen LogP contribution < -0.4 is 5.32 Å². The Bertz CT molecular complexity index is 477. The molecule has 2 aliphatic rings. The van der Waals surface area contributed by atoms with Crippen molar-refractivity contribution in [1.29, 1.82) is 0 Å². The topological polar surface area (TPSA) is 41.6 Å². The predicted molar refractivity (Wildman–Crippen MR) is 78.6 cm³/mol. The van der Waals surface area contributed by atoms with E-state index in [2.05, 4.69) is 10.2 Å². The Hall–Kier alpha value is -1.55. The largest absolute Gasteiger partial charge is 0.464 e. The highest BCUT2D eigenvalue weighted by atomic mass is 16.5. The number of ether oxygens (including phenoxy) is 1. The van der Waals surface area contributed by atoms with Gasteiger partial charge in [-0.2, -0.15) is 0 Å². The third kappa shape index (κ3) is 2.18. The summed E-state index contributed by atoms with van der Waals surface area (Å²) in [6.07, 6.45) is 3.06. The molecule has 2 aliphatic heterocycles.